The van der Waals surface area contributed by atoms with Gasteiger partial charge in [0.05, 0.1) is 16.7 Å². The third-order valence-electron chi connectivity index (χ3n) is 4.34. The Morgan fingerprint density at radius 2 is 1.76 bits per heavy atom. The quantitative estimate of drug-likeness (QED) is 0.451. The summed E-state index contributed by atoms with van der Waals surface area (Å²) >= 11 is 0. The summed E-state index contributed by atoms with van der Waals surface area (Å²) in [6.45, 7) is 5.48. The van der Waals surface area contributed by atoms with Gasteiger partial charge in [0.2, 0.25) is 0 Å². The normalized spacial score (nSPS) is 11.6. The van der Waals surface area contributed by atoms with Crippen LogP contribution in [0, 0.1) is 0 Å². The number of nitrogens with zero attached hydrogens (tertiary/aromatic N) is 2. The predicted molar refractivity (Wildman–Crippen MR) is 117 cm³/mol. The lowest BCUT2D eigenvalue weighted by atomic mass is 10.1. The number of rotatable bonds is 2. The fourth-order valence-corrected chi connectivity index (χ4v) is 3.08. The van der Waals surface area contributed by atoms with Crippen LogP contribution in [0.3, 0.4) is 0 Å². The molecule has 0 bridgehead atoms. The molecule has 1 amide bonds. The highest BCUT2D eigenvalue weighted by Crippen LogP contribution is 2.26. The van der Waals surface area contributed by atoms with E-state index in [0.29, 0.717) is 11.4 Å². The summed E-state index contributed by atoms with van der Waals surface area (Å²) in [7, 11) is 0. The van der Waals surface area contributed by atoms with Gasteiger partial charge in [-0.1, -0.05) is 6.07 Å². The highest BCUT2D eigenvalue weighted by Gasteiger charge is 2.16. The van der Waals surface area contributed by atoms with Gasteiger partial charge in [-0.15, -0.1) is 0 Å². The fourth-order valence-electron chi connectivity index (χ4n) is 3.08. The van der Waals surface area contributed by atoms with Crippen LogP contribution in [-0.4, -0.2) is 21.7 Å². The smallest absolute Gasteiger partial charge is 0.412 e. The van der Waals surface area contributed by atoms with Gasteiger partial charge < -0.3 is 10.5 Å². The SMILES string of the molecule is CC(C)(C)OC(=O)Nc1ccc2ncc(-c3ccc4cc(N)ccc4n3)cc2c1. The van der Waals surface area contributed by atoms with Crippen molar-refractivity contribution in [3.05, 3.63) is 60.8 Å². The molecule has 146 valence electrons. The Labute approximate surface area is 168 Å². The van der Waals surface area contributed by atoms with E-state index in [4.69, 9.17) is 15.5 Å². The van der Waals surface area contributed by atoms with Gasteiger partial charge in [0, 0.05) is 33.9 Å². The number of nitrogens with one attached hydrogen (secondary N) is 1. The summed E-state index contributed by atoms with van der Waals surface area (Å²) in [6, 6.07) is 17.1. The van der Waals surface area contributed by atoms with Crippen LogP contribution >= 0.6 is 0 Å². The Morgan fingerprint density at radius 3 is 2.55 bits per heavy atom. The van der Waals surface area contributed by atoms with Crippen molar-refractivity contribution in [1.29, 1.82) is 0 Å². The van der Waals surface area contributed by atoms with Gasteiger partial charge in [0.25, 0.3) is 0 Å². The Kier molecular flexibility index (Phi) is 4.54. The number of anilines is 2. The van der Waals surface area contributed by atoms with Crippen molar-refractivity contribution in [1.82, 2.24) is 9.97 Å². The van der Waals surface area contributed by atoms with E-state index in [9.17, 15) is 4.79 Å². The second-order valence-corrected chi connectivity index (χ2v) is 7.91. The molecule has 4 aromatic rings. The Balaban J connectivity index is 1.66. The molecule has 0 unspecified atom stereocenters. The average Bonchev–Trinajstić information content (AvgIpc) is 2.65. The van der Waals surface area contributed by atoms with E-state index in [0.717, 1.165) is 33.1 Å². The molecule has 2 aromatic carbocycles. The van der Waals surface area contributed by atoms with Gasteiger partial charge in [-0.05, 0) is 69.3 Å². The van der Waals surface area contributed by atoms with Crippen LogP contribution in [0.4, 0.5) is 16.2 Å². The summed E-state index contributed by atoms with van der Waals surface area (Å²) in [5.41, 5.74) is 10.1. The number of carbonyl (C=O) groups excluding carboxylic acids is 1. The molecular formula is C23H22N4O2. The number of benzene rings is 2. The van der Waals surface area contributed by atoms with E-state index in [2.05, 4.69) is 10.3 Å². The number of nitrogen functional groups attached to an aromatic ring is 1. The van der Waals surface area contributed by atoms with Crippen molar-refractivity contribution in [2.24, 2.45) is 0 Å². The maximum Gasteiger partial charge on any atom is 0.412 e. The number of nitrogens with two attached hydrogens (primary N) is 1. The molecule has 0 spiro atoms. The largest absolute Gasteiger partial charge is 0.444 e. The average molecular weight is 386 g/mol. The number of hydrogen-bond acceptors (Lipinski definition) is 5. The second-order valence-electron chi connectivity index (χ2n) is 7.91. The first-order valence-corrected chi connectivity index (χ1v) is 9.33. The van der Waals surface area contributed by atoms with Gasteiger partial charge in [-0.3, -0.25) is 10.3 Å². The maximum atomic E-state index is 12.0. The fraction of sp³-hybridized carbons (Fsp3) is 0.174. The Hall–Kier alpha value is -3.67. The zero-order valence-electron chi connectivity index (χ0n) is 16.6. The third-order valence-corrected chi connectivity index (χ3v) is 4.34. The van der Waals surface area contributed by atoms with Gasteiger partial charge in [-0.25, -0.2) is 9.78 Å². The van der Waals surface area contributed by atoms with Crippen LogP contribution in [0.1, 0.15) is 20.8 Å². The zero-order valence-corrected chi connectivity index (χ0v) is 16.6. The van der Waals surface area contributed by atoms with Crippen molar-refractivity contribution in [3.8, 4) is 11.3 Å². The van der Waals surface area contributed by atoms with Crippen molar-refractivity contribution in [2.45, 2.75) is 26.4 Å². The number of hydrogen-bond donors (Lipinski definition) is 2. The molecule has 0 aliphatic rings. The topological polar surface area (TPSA) is 90.1 Å². The second kappa shape index (κ2) is 7.05. The lowest BCUT2D eigenvalue weighted by Crippen LogP contribution is -2.27. The monoisotopic (exact) mass is 386 g/mol. The summed E-state index contributed by atoms with van der Waals surface area (Å²) in [6.07, 6.45) is 1.31. The van der Waals surface area contributed by atoms with Gasteiger partial charge in [-0.2, -0.15) is 0 Å². The van der Waals surface area contributed by atoms with Crippen LogP contribution < -0.4 is 11.1 Å². The number of amides is 1. The van der Waals surface area contributed by atoms with Crippen molar-refractivity contribution >= 4 is 39.3 Å². The molecule has 0 radical (unpaired) electrons. The molecule has 6 heteroatoms. The number of fused-ring (bicyclic) bond motifs is 2. The van der Waals surface area contributed by atoms with Crippen LogP contribution in [-0.2, 0) is 4.74 Å². The predicted octanol–water partition coefficient (Wildman–Crippen LogP) is 5.38. The van der Waals surface area contributed by atoms with E-state index in [1.807, 2.05) is 69.3 Å². The lowest BCUT2D eigenvalue weighted by molar-refractivity contribution is 0.0636. The highest BCUT2D eigenvalue weighted by atomic mass is 16.6. The first-order valence-electron chi connectivity index (χ1n) is 9.33. The van der Waals surface area contributed by atoms with E-state index in [1.165, 1.54) is 0 Å². The van der Waals surface area contributed by atoms with Crippen LogP contribution in [0.15, 0.2) is 60.8 Å². The number of ether oxygens (including phenoxy) is 1. The molecule has 2 aromatic heterocycles. The van der Waals surface area contributed by atoms with Gasteiger partial charge >= 0.3 is 6.09 Å². The number of aromatic nitrogens is 2. The molecule has 0 aliphatic carbocycles. The molecule has 0 aliphatic heterocycles. The summed E-state index contributed by atoms with van der Waals surface area (Å²) in [4.78, 5) is 21.3. The van der Waals surface area contributed by atoms with Gasteiger partial charge in [0.1, 0.15) is 5.60 Å². The van der Waals surface area contributed by atoms with E-state index < -0.39 is 11.7 Å². The van der Waals surface area contributed by atoms with Gasteiger partial charge in [0.15, 0.2) is 0 Å². The summed E-state index contributed by atoms with van der Waals surface area (Å²) < 4.78 is 5.31. The zero-order chi connectivity index (χ0) is 20.6. The lowest BCUT2D eigenvalue weighted by Gasteiger charge is -2.19. The number of carbonyl (C=O) groups is 1. The third kappa shape index (κ3) is 4.27. The van der Waals surface area contributed by atoms with Crippen LogP contribution in [0.2, 0.25) is 0 Å². The summed E-state index contributed by atoms with van der Waals surface area (Å²) in [5, 5.41) is 4.65. The molecule has 0 saturated heterocycles. The first-order chi connectivity index (χ1) is 13.8. The van der Waals surface area contributed by atoms with Crippen molar-refractivity contribution in [2.75, 3.05) is 11.1 Å². The molecule has 6 nitrogen and oxygen atoms in total. The molecule has 2 heterocycles. The van der Waals surface area contributed by atoms with E-state index in [1.54, 1.807) is 12.3 Å². The highest BCUT2D eigenvalue weighted by molar-refractivity contribution is 5.92. The molecule has 29 heavy (non-hydrogen) atoms. The molecule has 0 atom stereocenters. The Bertz CT molecular complexity index is 1230. The minimum Gasteiger partial charge on any atom is -0.444 e. The Morgan fingerprint density at radius 1 is 0.966 bits per heavy atom. The maximum absolute atomic E-state index is 12.0. The minimum absolute atomic E-state index is 0.489. The molecule has 4 rings (SSSR count). The van der Waals surface area contributed by atoms with Crippen LogP contribution in [0.25, 0.3) is 33.1 Å². The number of pyridine rings is 2. The molecule has 0 fully saturated rings. The van der Waals surface area contributed by atoms with Crippen LogP contribution in [0.5, 0.6) is 0 Å². The van der Waals surface area contributed by atoms with Crippen molar-refractivity contribution in [3.63, 3.8) is 0 Å². The first kappa shape index (κ1) is 18.7. The van der Waals surface area contributed by atoms with E-state index >= 15 is 0 Å². The van der Waals surface area contributed by atoms with Crippen molar-refractivity contribution < 1.29 is 9.53 Å². The van der Waals surface area contributed by atoms with E-state index in [-0.39, 0.29) is 0 Å². The molecule has 3 N–H and O–H groups in total. The molecular weight excluding hydrogens is 364 g/mol. The molecule has 0 saturated carbocycles. The minimum atomic E-state index is -0.553. The standard InChI is InChI=1S/C23H22N4O2/c1-23(2,3)29-22(28)26-18-6-9-19-15(12-18)10-16(13-25-19)21-7-4-14-11-17(24)5-8-20(14)27-21/h4-13H,24H2,1-3H3,(H,26,28). The summed E-state index contributed by atoms with van der Waals surface area (Å²) in [5.74, 6) is 0.